The second kappa shape index (κ2) is 7.90. The minimum Gasteiger partial charge on any atom is -0.368 e. The topological polar surface area (TPSA) is 57.7 Å². The lowest BCUT2D eigenvalue weighted by Crippen LogP contribution is -2.50. The molecule has 1 aromatic rings. The number of carbonyl (C=O) groups excluding carboxylic acids is 1. The Morgan fingerprint density at radius 3 is 2.08 bits per heavy atom. The van der Waals surface area contributed by atoms with Crippen molar-refractivity contribution in [3.05, 3.63) is 24.3 Å². The highest BCUT2D eigenvalue weighted by molar-refractivity contribution is 7.91. The van der Waals surface area contributed by atoms with E-state index in [9.17, 15) is 22.0 Å². The van der Waals surface area contributed by atoms with Gasteiger partial charge in [-0.15, -0.1) is 0 Å². The van der Waals surface area contributed by atoms with Crippen molar-refractivity contribution in [2.75, 3.05) is 31.1 Å². The number of halogens is 2. The molecule has 2 fully saturated rings. The highest BCUT2D eigenvalue weighted by Crippen LogP contribution is 2.27. The summed E-state index contributed by atoms with van der Waals surface area (Å²) in [6.07, 6.45) is 5.45. The number of hydrogen-bond donors (Lipinski definition) is 0. The SMILES string of the molecule is O=C(C1CCCCC1)N1CCN(c2ccc(S(=O)(=O)C(F)F)cc2)CC1. The summed E-state index contributed by atoms with van der Waals surface area (Å²) < 4.78 is 48.1. The molecule has 0 unspecified atom stereocenters. The average Bonchev–Trinajstić information content (AvgIpc) is 2.68. The van der Waals surface area contributed by atoms with Gasteiger partial charge in [0.05, 0.1) is 4.90 Å². The molecule has 1 aliphatic heterocycles. The second-order valence-electron chi connectivity index (χ2n) is 6.95. The van der Waals surface area contributed by atoms with Crippen LogP contribution in [0.25, 0.3) is 0 Å². The molecule has 0 N–H and O–H groups in total. The molecule has 2 aliphatic rings. The van der Waals surface area contributed by atoms with E-state index in [1.165, 1.54) is 18.6 Å². The molecule has 0 atom stereocenters. The number of sulfone groups is 1. The zero-order valence-corrected chi connectivity index (χ0v) is 15.4. The van der Waals surface area contributed by atoms with Crippen LogP contribution in [0.3, 0.4) is 0 Å². The van der Waals surface area contributed by atoms with Crippen molar-refractivity contribution >= 4 is 21.4 Å². The predicted molar refractivity (Wildman–Crippen MR) is 95.0 cm³/mol. The molecule has 1 saturated heterocycles. The van der Waals surface area contributed by atoms with Gasteiger partial charge >= 0.3 is 5.76 Å². The summed E-state index contributed by atoms with van der Waals surface area (Å²) >= 11 is 0. The van der Waals surface area contributed by atoms with E-state index in [1.54, 1.807) is 12.1 Å². The number of hydrogen-bond acceptors (Lipinski definition) is 4. The normalized spacial score (nSPS) is 19.8. The highest BCUT2D eigenvalue weighted by Gasteiger charge is 2.29. The standard InChI is InChI=1S/C18H24F2N2O3S/c19-18(20)26(24,25)16-8-6-15(7-9-16)21-10-12-22(13-11-21)17(23)14-4-2-1-3-5-14/h6-9,14,18H,1-5,10-13H2. The van der Waals surface area contributed by atoms with Crippen molar-refractivity contribution in [3.8, 4) is 0 Å². The minimum atomic E-state index is -4.56. The van der Waals surface area contributed by atoms with Crippen LogP contribution in [0.15, 0.2) is 29.2 Å². The van der Waals surface area contributed by atoms with Crippen molar-refractivity contribution in [1.29, 1.82) is 0 Å². The summed E-state index contributed by atoms with van der Waals surface area (Å²) in [5.41, 5.74) is 0.781. The lowest BCUT2D eigenvalue weighted by atomic mass is 9.88. The monoisotopic (exact) mass is 386 g/mol. The highest BCUT2D eigenvalue weighted by atomic mass is 32.2. The molecular formula is C18H24F2N2O3S. The van der Waals surface area contributed by atoms with Gasteiger partial charge in [-0.25, -0.2) is 8.42 Å². The zero-order valence-electron chi connectivity index (χ0n) is 14.6. The number of nitrogens with zero attached hydrogens (tertiary/aromatic N) is 2. The van der Waals surface area contributed by atoms with Crippen LogP contribution >= 0.6 is 0 Å². The Labute approximate surface area is 152 Å². The molecule has 1 heterocycles. The van der Waals surface area contributed by atoms with Gasteiger partial charge in [0.25, 0.3) is 0 Å². The number of amides is 1. The number of anilines is 1. The third kappa shape index (κ3) is 4.00. The molecule has 0 spiro atoms. The lowest BCUT2D eigenvalue weighted by molar-refractivity contribution is -0.136. The largest absolute Gasteiger partial charge is 0.368 e. The number of rotatable bonds is 4. The molecule has 1 aliphatic carbocycles. The van der Waals surface area contributed by atoms with Gasteiger partial charge in [-0.1, -0.05) is 19.3 Å². The Hall–Kier alpha value is -1.70. The van der Waals surface area contributed by atoms with Crippen molar-refractivity contribution in [2.24, 2.45) is 5.92 Å². The van der Waals surface area contributed by atoms with Crippen LogP contribution in [0.2, 0.25) is 0 Å². The number of benzene rings is 1. The Kier molecular flexibility index (Phi) is 5.79. The van der Waals surface area contributed by atoms with E-state index in [2.05, 4.69) is 0 Å². The first kappa shape index (κ1) is 19.1. The van der Waals surface area contributed by atoms with E-state index in [0.29, 0.717) is 26.2 Å². The van der Waals surface area contributed by atoms with Crippen molar-refractivity contribution < 1.29 is 22.0 Å². The maximum atomic E-state index is 12.6. The molecule has 0 radical (unpaired) electrons. The molecule has 5 nitrogen and oxygen atoms in total. The number of carbonyl (C=O) groups is 1. The maximum absolute atomic E-state index is 12.6. The molecule has 1 saturated carbocycles. The van der Waals surface area contributed by atoms with Crippen LogP contribution in [-0.2, 0) is 14.6 Å². The fourth-order valence-corrected chi connectivity index (χ4v) is 4.46. The van der Waals surface area contributed by atoms with E-state index in [1.807, 2.05) is 9.80 Å². The van der Waals surface area contributed by atoms with Crippen molar-refractivity contribution in [1.82, 2.24) is 4.90 Å². The summed E-state index contributed by atoms with van der Waals surface area (Å²) in [5, 5.41) is 0. The molecule has 1 aromatic carbocycles. The van der Waals surface area contributed by atoms with E-state index < -0.39 is 15.6 Å². The summed E-state index contributed by atoms with van der Waals surface area (Å²) in [5.74, 6) is -3.00. The van der Waals surface area contributed by atoms with Crippen LogP contribution in [0.5, 0.6) is 0 Å². The summed E-state index contributed by atoms with van der Waals surface area (Å²) in [6.45, 7) is 2.57. The zero-order chi connectivity index (χ0) is 18.7. The van der Waals surface area contributed by atoms with Crippen molar-refractivity contribution in [2.45, 2.75) is 42.8 Å². The quantitative estimate of drug-likeness (QED) is 0.798. The summed E-state index contributed by atoms with van der Waals surface area (Å²) in [4.78, 5) is 16.2. The third-order valence-corrected chi connectivity index (χ3v) is 6.71. The fraction of sp³-hybridized carbons (Fsp3) is 0.611. The van der Waals surface area contributed by atoms with Gasteiger partial charge in [0.2, 0.25) is 15.7 Å². The van der Waals surface area contributed by atoms with Crippen molar-refractivity contribution in [3.63, 3.8) is 0 Å². The fourth-order valence-electron chi connectivity index (χ4n) is 3.74. The van der Waals surface area contributed by atoms with Crippen LogP contribution < -0.4 is 4.90 Å². The second-order valence-corrected chi connectivity index (χ2v) is 8.86. The molecule has 0 bridgehead atoms. The van der Waals surface area contributed by atoms with E-state index in [4.69, 9.17) is 0 Å². The Bertz CT molecular complexity index is 723. The minimum absolute atomic E-state index is 0.161. The van der Waals surface area contributed by atoms with E-state index in [0.717, 1.165) is 31.4 Å². The van der Waals surface area contributed by atoms with Gasteiger partial charge in [0, 0.05) is 37.8 Å². The summed E-state index contributed by atoms with van der Waals surface area (Å²) in [7, 11) is -4.56. The Morgan fingerprint density at radius 1 is 0.962 bits per heavy atom. The maximum Gasteiger partial charge on any atom is 0.341 e. The van der Waals surface area contributed by atoms with E-state index >= 15 is 0 Å². The number of alkyl halides is 2. The molecule has 26 heavy (non-hydrogen) atoms. The Morgan fingerprint density at radius 2 is 1.54 bits per heavy atom. The predicted octanol–water partition coefficient (Wildman–Crippen LogP) is 2.91. The average molecular weight is 386 g/mol. The van der Waals surface area contributed by atoms with Gasteiger partial charge in [0.1, 0.15) is 0 Å². The van der Waals surface area contributed by atoms with Gasteiger partial charge in [-0.05, 0) is 37.1 Å². The van der Waals surface area contributed by atoms with Gasteiger partial charge in [-0.3, -0.25) is 4.79 Å². The lowest BCUT2D eigenvalue weighted by Gasteiger charge is -2.38. The smallest absolute Gasteiger partial charge is 0.341 e. The first-order chi connectivity index (χ1) is 12.4. The molecule has 3 rings (SSSR count). The first-order valence-corrected chi connectivity index (χ1v) is 10.6. The molecule has 144 valence electrons. The molecule has 8 heteroatoms. The van der Waals surface area contributed by atoms with Gasteiger partial charge < -0.3 is 9.80 Å². The van der Waals surface area contributed by atoms with Crippen LogP contribution in [0.4, 0.5) is 14.5 Å². The molecule has 1 amide bonds. The first-order valence-electron chi connectivity index (χ1n) is 9.05. The van der Waals surface area contributed by atoms with Crippen LogP contribution in [-0.4, -0.2) is 51.2 Å². The van der Waals surface area contributed by atoms with Crippen LogP contribution in [0.1, 0.15) is 32.1 Å². The summed E-state index contributed by atoms with van der Waals surface area (Å²) in [6, 6.07) is 5.54. The van der Waals surface area contributed by atoms with Gasteiger partial charge in [0.15, 0.2) is 0 Å². The van der Waals surface area contributed by atoms with Gasteiger partial charge in [-0.2, -0.15) is 8.78 Å². The third-order valence-electron chi connectivity index (χ3n) is 5.31. The molecule has 0 aromatic heterocycles. The number of piperazine rings is 1. The Balaban J connectivity index is 1.59. The van der Waals surface area contributed by atoms with E-state index in [-0.39, 0.29) is 16.7 Å². The molecular weight excluding hydrogens is 362 g/mol. The van der Waals surface area contributed by atoms with Crippen LogP contribution in [0, 0.1) is 5.92 Å².